The Morgan fingerprint density at radius 1 is 1.70 bits per heavy atom. The molecule has 0 aromatic carbocycles. The van der Waals surface area contributed by atoms with Gasteiger partial charge in [-0.05, 0) is 19.4 Å². The number of halogens is 1. The zero-order valence-corrected chi connectivity index (χ0v) is 11.2. The molecule has 0 saturated carbocycles. The largest absolute Gasteiger partial charge is 0.346 e. The molecule has 6 nitrogen and oxygen atoms in total. The maximum absolute atomic E-state index is 12.8. The van der Waals surface area contributed by atoms with E-state index < -0.39 is 17.8 Å². The van der Waals surface area contributed by atoms with Crippen LogP contribution in [0.5, 0.6) is 0 Å². The predicted octanol–water partition coefficient (Wildman–Crippen LogP) is 0.822. The third kappa shape index (κ3) is 2.87. The van der Waals surface area contributed by atoms with Crippen LogP contribution in [-0.4, -0.2) is 27.6 Å². The first-order valence-corrected chi connectivity index (χ1v) is 6.49. The molecule has 1 aliphatic heterocycles. The summed E-state index contributed by atoms with van der Waals surface area (Å²) in [6.45, 7) is 5.55. The second-order valence-electron chi connectivity index (χ2n) is 4.64. The van der Waals surface area contributed by atoms with Crippen LogP contribution in [-0.2, 0) is 16.1 Å². The van der Waals surface area contributed by atoms with E-state index in [2.05, 4.69) is 22.3 Å². The molecule has 2 rings (SSSR count). The van der Waals surface area contributed by atoms with Crippen molar-refractivity contribution in [2.24, 2.45) is 0 Å². The van der Waals surface area contributed by atoms with Crippen molar-refractivity contribution in [3.8, 4) is 0 Å². The van der Waals surface area contributed by atoms with Crippen LogP contribution in [0.2, 0.25) is 0 Å². The minimum atomic E-state index is -1.04. The number of piperidine rings is 1. The van der Waals surface area contributed by atoms with Crippen LogP contribution in [0.3, 0.4) is 0 Å². The molecule has 7 heteroatoms. The SMILES string of the molecule is C=C(F)C(=O)NC1CCC(=O)NC1c1ccnn1CC. The number of aromatic nitrogens is 2. The summed E-state index contributed by atoms with van der Waals surface area (Å²) < 4.78 is 14.6. The first kappa shape index (κ1) is 14.2. The molecule has 2 atom stereocenters. The monoisotopic (exact) mass is 280 g/mol. The Morgan fingerprint density at radius 2 is 2.45 bits per heavy atom. The van der Waals surface area contributed by atoms with E-state index in [0.717, 1.165) is 5.69 Å². The van der Waals surface area contributed by atoms with Gasteiger partial charge >= 0.3 is 0 Å². The van der Waals surface area contributed by atoms with E-state index >= 15 is 0 Å². The van der Waals surface area contributed by atoms with Gasteiger partial charge in [-0.1, -0.05) is 6.58 Å². The van der Waals surface area contributed by atoms with Gasteiger partial charge in [-0.15, -0.1) is 0 Å². The highest BCUT2D eigenvalue weighted by molar-refractivity contribution is 5.91. The minimum Gasteiger partial charge on any atom is -0.346 e. The fourth-order valence-electron chi connectivity index (χ4n) is 2.35. The third-order valence-corrected chi connectivity index (χ3v) is 3.33. The number of aryl methyl sites for hydroxylation is 1. The Kier molecular flexibility index (Phi) is 4.16. The Bertz CT molecular complexity index is 540. The smallest absolute Gasteiger partial charge is 0.279 e. The number of amides is 2. The lowest BCUT2D eigenvalue weighted by molar-refractivity contribution is -0.126. The van der Waals surface area contributed by atoms with Gasteiger partial charge in [-0.2, -0.15) is 5.10 Å². The van der Waals surface area contributed by atoms with Crippen molar-refractivity contribution >= 4 is 11.8 Å². The molecular weight excluding hydrogens is 263 g/mol. The molecule has 2 unspecified atom stereocenters. The third-order valence-electron chi connectivity index (χ3n) is 3.33. The maximum Gasteiger partial charge on any atom is 0.279 e. The molecule has 0 aliphatic carbocycles. The molecule has 1 aromatic rings. The molecule has 2 heterocycles. The van der Waals surface area contributed by atoms with Gasteiger partial charge in [-0.3, -0.25) is 14.3 Å². The molecule has 1 fully saturated rings. The zero-order valence-electron chi connectivity index (χ0n) is 11.2. The number of hydrogen-bond donors (Lipinski definition) is 2. The molecule has 2 amide bonds. The van der Waals surface area contributed by atoms with Crippen molar-refractivity contribution < 1.29 is 14.0 Å². The summed E-state index contributed by atoms with van der Waals surface area (Å²) in [5.74, 6) is -1.98. The number of carbonyl (C=O) groups is 2. The molecule has 1 aliphatic rings. The lowest BCUT2D eigenvalue weighted by Gasteiger charge is -2.32. The van der Waals surface area contributed by atoms with E-state index in [1.807, 2.05) is 6.92 Å². The summed E-state index contributed by atoms with van der Waals surface area (Å²) in [6.07, 6.45) is 2.37. The summed E-state index contributed by atoms with van der Waals surface area (Å²) in [7, 11) is 0. The highest BCUT2D eigenvalue weighted by Gasteiger charge is 2.33. The van der Waals surface area contributed by atoms with Crippen molar-refractivity contribution in [3.05, 3.63) is 30.4 Å². The van der Waals surface area contributed by atoms with Gasteiger partial charge in [0.2, 0.25) is 5.91 Å². The van der Waals surface area contributed by atoms with Crippen molar-refractivity contribution in [2.45, 2.75) is 38.4 Å². The van der Waals surface area contributed by atoms with E-state index in [4.69, 9.17) is 0 Å². The first-order chi connectivity index (χ1) is 9.52. The van der Waals surface area contributed by atoms with Crippen molar-refractivity contribution in [1.82, 2.24) is 20.4 Å². The van der Waals surface area contributed by atoms with Crippen LogP contribution in [0.15, 0.2) is 24.7 Å². The maximum atomic E-state index is 12.8. The summed E-state index contributed by atoms with van der Waals surface area (Å²) in [4.78, 5) is 23.0. The Balaban J connectivity index is 2.22. The number of nitrogens with zero attached hydrogens (tertiary/aromatic N) is 2. The van der Waals surface area contributed by atoms with Gasteiger partial charge in [0.05, 0.1) is 17.8 Å². The molecule has 0 bridgehead atoms. The van der Waals surface area contributed by atoms with Crippen LogP contribution in [0.1, 0.15) is 31.5 Å². The molecule has 2 N–H and O–H groups in total. The highest BCUT2D eigenvalue weighted by atomic mass is 19.1. The van der Waals surface area contributed by atoms with E-state index in [-0.39, 0.29) is 11.9 Å². The molecule has 1 saturated heterocycles. The Hall–Kier alpha value is -2.18. The van der Waals surface area contributed by atoms with Crippen molar-refractivity contribution in [1.29, 1.82) is 0 Å². The number of carbonyl (C=O) groups excluding carboxylic acids is 2. The molecule has 20 heavy (non-hydrogen) atoms. The Labute approximate surface area is 116 Å². The average molecular weight is 280 g/mol. The molecule has 108 valence electrons. The zero-order chi connectivity index (χ0) is 14.7. The molecule has 0 radical (unpaired) electrons. The minimum absolute atomic E-state index is 0.0940. The van der Waals surface area contributed by atoms with Crippen LogP contribution in [0, 0.1) is 0 Å². The quantitative estimate of drug-likeness (QED) is 0.802. The lowest BCUT2D eigenvalue weighted by Crippen LogP contribution is -2.50. The van der Waals surface area contributed by atoms with E-state index in [9.17, 15) is 14.0 Å². The summed E-state index contributed by atoms with van der Waals surface area (Å²) >= 11 is 0. The van der Waals surface area contributed by atoms with Gasteiger partial charge < -0.3 is 10.6 Å². The Morgan fingerprint density at radius 3 is 3.10 bits per heavy atom. The van der Waals surface area contributed by atoms with Crippen LogP contribution >= 0.6 is 0 Å². The van der Waals surface area contributed by atoms with Gasteiger partial charge in [0.1, 0.15) is 0 Å². The van der Waals surface area contributed by atoms with Crippen molar-refractivity contribution in [3.63, 3.8) is 0 Å². The van der Waals surface area contributed by atoms with Gasteiger partial charge in [-0.25, -0.2) is 4.39 Å². The van der Waals surface area contributed by atoms with Gasteiger partial charge in [0.15, 0.2) is 5.83 Å². The molecular formula is C13H17FN4O2. The first-order valence-electron chi connectivity index (χ1n) is 6.49. The second-order valence-corrected chi connectivity index (χ2v) is 4.64. The number of rotatable bonds is 4. The average Bonchev–Trinajstić information content (AvgIpc) is 2.88. The normalized spacial score (nSPS) is 22.2. The second kappa shape index (κ2) is 5.85. The summed E-state index contributed by atoms with van der Waals surface area (Å²) in [6, 6.07) is 0.986. The topological polar surface area (TPSA) is 76.0 Å². The fourth-order valence-corrected chi connectivity index (χ4v) is 2.35. The summed E-state index contributed by atoms with van der Waals surface area (Å²) in [5.41, 5.74) is 0.787. The lowest BCUT2D eigenvalue weighted by atomic mass is 9.95. The van der Waals surface area contributed by atoms with Crippen LogP contribution < -0.4 is 10.6 Å². The van der Waals surface area contributed by atoms with Gasteiger partial charge in [0, 0.05) is 19.2 Å². The van der Waals surface area contributed by atoms with E-state index in [1.165, 1.54) is 0 Å². The predicted molar refractivity (Wildman–Crippen MR) is 70.2 cm³/mol. The van der Waals surface area contributed by atoms with Gasteiger partial charge in [0.25, 0.3) is 5.91 Å². The number of nitrogens with one attached hydrogen (secondary N) is 2. The van der Waals surface area contributed by atoms with Crippen LogP contribution in [0.4, 0.5) is 4.39 Å². The number of hydrogen-bond acceptors (Lipinski definition) is 3. The summed E-state index contributed by atoms with van der Waals surface area (Å²) in [5, 5.41) is 9.53. The van der Waals surface area contributed by atoms with E-state index in [0.29, 0.717) is 19.4 Å². The fraction of sp³-hybridized carbons (Fsp3) is 0.462. The standard InChI is InChI=1S/C13H17FN4O2/c1-3-18-10(6-7-15-18)12-9(4-5-11(19)17-12)16-13(20)8(2)14/h6-7,9,12H,2-5H2,1H3,(H,16,20)(H,17,19). The van der Waals surface area contributed by atoms with E-state index in [1.54, 1.807) is 16.9 Å². The van der Waals surface area contributed by atoms with Crippen LogP contribution in [0.25, 0.3) is 0 Å². The molecule has 1 aromatic heterocycles. The van der Waals surface area contributed by atoms with Crippen molar-refractivity contribution in [2.75, 3.05) is 0 Å². The molecule has 0 spiro atoms. The highest BCUT2D eigenvalue weighted by Crippen LogP contribution is 2.24.